The van der Waals surface area contributed by atoms with E-state index in [1.807, 2.05) is 17.9 Å². The van der Waals surface area contributed by atoms with E-state index in [9.17, 15) is 10.1 Å². The van der Waals surface area contributed by atoms with Gasteiger partial charge in [-0.3, -0.25) is 0 Å². The molecule has 0 spiro atoms. The monoisotopic (exact) mass is 385 g/mol. The summed E-state index contributed by atoms with van der Waals surface area (Å²) in [5.74, 6) is -1.65. The van der Waals surface area contributed by atoms with E-state index in [4.69, 9.17) is 15.2 Å². The Morgan fingerprint density at radius 3 is 2.68 bits per heavy atom. The molecule has 2 N–H and O–H groups in total. The first kappa shape index (κ1) is 19.7. The summed E-state index contributed by atoms with van der Waals surface area (Å²) in [5, 5.41) is 9.65. The minimum absolute atomic E-state index is 0.0741. The molecular formula is C21H24FN3O3. The van der Waals surface area contributed by atoms with Crippen LogP contribution in [0.1, 0.15) is 43.7 Å². The Bertz CT molecular complexity index is 908. The molecule has 2 aliphatic heterocycles. The van der Waals surface area contributed by atoms with E-state index >= 15 is 4.39 Å². The number of aryl methyl sites for hydroxylation is 1. The summed E-state index contributed by atoms with van der Waals surface area (Å²) in [6.07, 6.45) is 2.07. The maximum atomic E-state index is 15.0. The smallest absolute Gasteiger partial charge is 0.338 e. The highest BCUT2D eigenvalue weighted by Crippen LogP contribution is 2.42. The van der Waals surface area contributed by atoms with Gasteiger partial charge in [-0.15, -0.1) is 0 Å². The summed E-state index contributed by atoms with van der Waals surface area (Å²) >= 11 is 0. The summed E-state index contributed by atoms with van der Waals surface area (Å²) in [6.45, 7) is 6.92. The van der Waals surface area contributed by atoms with E-state index in [1.54, 1.807) is 19.9 Å². The van der Waals surface area contributed by atoms with Crippen LogP contribution in [0.2, 0.25) is 0 Å². The van der Waals surface area contributed by atoms with Gasteiger partial charge in [-0.1, -0.05) is 0 Å². The van der Waals surface area contributed by atoms with Gasteiger partial charge in [0.1, 0.15) is 23.2 Å². The summed E-state index contributed by atoms with van der Waals surface area (Å²) in [4.78, 5) is 14.6. The predicted molar refractivity (Wildman–Crippen MR) is 103 cm³/mol. The summed E-state index contributed by atoms with van der Waals surface area (Å²) in [5.41, 5.74) is 7.97. The van der Waals surface area contributed by atoms with Crippen LogP contribution in [0.3, 0.4) is 0 Å². The van der Waals surface area contributed by atoms with Gasteiger partial charge in [-0.2, -0.15) is 5.26 Å². The highest BCUT2D eigenvalue weighted by Gasteiger charge is 2.37. The largest absolute Gasteiger partial charge is 0.463 e. The average molecular weight is 385 g/mol. The number of carbonyl (C=O) groups is 1. The second-order valence-corrected chi connectivity index (χ2v) is 6.97. The number of ether oxygens (including phenoxy) is 2. The lowest BCUT2D eigenvalue weighted by molar-refractivity contribution is -0.139. The van der Waals surface area contributed by atoms with Gasteiger partial charge in [-0.25, -0.2) is 9.18 Å². The Kier molecular flexibility index (Phi) is 5.59. The number of nitrogens with zero attached hydrogens (tertiary/aromatic N) is 2. The minimum atomic E-state index is -0.833. The number of anilines is 1. The first-order chi connectivity index (χ1) is 13.4. The fourth-order valence-electron chi connectivity index (χ4n) is 3.86. The number of rotatable bonds is 4. The second kappa shape index (κ2) is 7.93. The van der Waals surface area contributed by atoms with Crippen LogP contribution in [0.4, 0.5) is 10.1 Å². The van der Waals surface area contributed by atoms with E-state index < -0.39 is 11.9 Å². The van der Waals surface area contributed by atoms with Crippen molar-refractivity contribution in [1.29, 1.82) is 5.26 Å². The minimum Gasteiger partial charge on any atom is -0.463 e. The van der Waals surface area contributed by atoms with Gasteiger partial charge in [0.25, 0.3) is 0 Å². The Hall–Kier alpha value is -3.01. The van der Waals surface area contributed by atoms with Crippen molar-refractivity contribution in [2.75, 3.05) is 24.6 Å². The van der Waals surface area contributed by atoms with Crippen LogP contribution in [0, 0.1) is 24.1 Å². The molecular weight excluding hydrogens is 361 g/mol. The molecule has 28 heavy (non-hydrogen) atoms. The van der Waals surface area contributed by atoms with Crippen LogP contribution < -0.4 is 10.6 Å². The van der Waals surface area contributed by atoms with Crippen LogP contribution in [0.25, 0.3) is 0 Å². The molecule has 2 heterocycles. The van der Waals surface area contributed by atoms with Crippen molar-refractivity contribution in [3.05, 3.63) is 51.9 Å². The molecule has 0 amide bonds. The lowest BCUT2D eigenvalue weighted by atomic mass is 9.81. The van der Waals surface area contributed by atoms with Crippen LogP contribution in [0.15, 0.2) is 34.9 Å². The van der Waals surface area contributed by atoms with Crippen molar-refractivity contribution >= 4 is 11.7 Å². The van der Waals surface area contributed by atoms with Crippen LogP contribution in [-0.4, -0.2) is 25.7 Å². The van der Waals surface area contributed by atoms with Gasteiger partial charge in [0.05, 0.1) is 23.8 Å². The standard InChI is InChI=1S/C21H24FN3O3/c1-4-27-21(26)18-13(3)28-20(24)15(11-23)19(18)14-10-16(22)17(9-12(14)2)25-7-5-6-8-25/h9-10,19H,4-8,24H2,1-3H3. The van der Waals surface area contributed by atoms with Gasteiger partial charge in [-0.05, 0) is 56.9 Å². The maximum absolute atomic E-state index is 15.0. The van der Waals surface area contributed by atoms with Crippen molar-refractivity contribution < 1.29 is 18.7 Å². The first-order valence-electron chi connectivity index (χ1n) is 9.39. The van der Waals surface area contributed by atoms with Gasteiger partial charge < -0.3 is 20.1 Å². The van der Waals surface area contributed by atoms with Gasteiger partial charge >= 0.3 is 5.97 Å². The summed E-state index contributed by atoms with van der Waals surface area (Å²) in [6, 6.07) is 5.19. The zero-order valence-corrected chi connectivity index (χ0v) is 16.3. The number of hydrogen-bond acceptors (Lipinski definition) is 6. The van der Waals surface area contributed by atoms with E-state index in [-0.39, 0.29) is 35.2 Å². The zero-order valence-electron chi connectivity index (χ0n) is 16.3. The van der Waals surface area contributed by atoms with Gasteiger partial charge in [0.15, 0.2) is 0 Å². The molecule has 0 aliphatic carbocycles. The zero-order chi connectivity index (χ0) is 20.4. The molecule has 1 aromatic carbocycles. The fraction of sp³-hybridized carbons (Fsp3) is 0.429. The lowest BCUT2D eigenvalue weighted by Gasteiger charge is -2.29. The molecule has 1 aromatic rings. The van der Waals surface area contributed by atoms with Crippen LogP contribution in [0.5, 0.6) is 0 Å². The molecule has 1 atom stereocenters. The third kappa shape index (κ3) is 3.42. The number of nitriles is 1. The molecule has 0 radical (unpaired) electrons. The van der Waals surface area contributed by atoms with Crippen molar-refractivity contribution in [2.45, 2.75) is 39.5 Å². The fourth-order valence-corrected chi connectivity index (χ4v) is 3.86. The second-order valence-electron chi connectivity index (χ2n) is 6.97. The molecule has 1 fully saturated rings. The van der Waals surface area contributed by atoms with E-state index in [2.05, 4.69) is 0 Å². The third-order valence-corrected chi connectivity index (χ3v) is 5.19. The van der Waals surface area contributed by atoms with Crippen molar-refractivity contribution in [3.8, 4) is 6.07 Å². The average Bonchev–Trinajstić information content (AvgIpc) is 3.17. The molecule has 3 rings (SSSR count). The topological polar surface area (TPSA) is 88.6 Å². The highest BCUT2D eigenvalue weighted by atomic mass is 19.1. The summed E-state index contributed by atoms with van der Waals surface area (Å²) < 4.78 is 25.6. The normalized spacial score (nSPS) is 19.5. The van der Waals surface area contributed by atoms with Crippen molar-refractivity contribution in [1.82, 2.24) is 0 Å². The Labute approximate surface area is 164 Å². The van der Waals surface area contributed by atoms with E-state index in [1.165, 1.54) is 6.07 Å². The van der Waals surface area contributed by atoms with E-state index in [0.717, 1.165) is 31.5 Å². The SMILES string of the molecule is CCOC(=O)C1=C(C)OC(N)=C(C#N)C1c1cc(F)c(N2CCCC2)cc1C. The van der Waals surface area contributed by atoms with Gasteiger partial charge in [0, 0.05) is 13.1 Å². The van der Waals surface area contributed by atoms with Crippen LogP contribution in [-0.2, 0) is 14.3 Å². The maximum Gasteiger partial charge on any atom is 0.338 e. The molecule has 148 valence electrons. The quantitative estimate of drug-likeness (QED) is 0.800. The molecule has 1 unspecified atom stereocenters. The molecule has 2 aliphatic rings. The number of halogens is 1. The number of benzene rings is 1. The Morgan fingerprint density at radius 1 is 1.39 bits per heavy atom. The van der Waals surface area contributed by atoms with Crippen molar-refractivity contribution in [2.24, 2.45) is 5.73 Å². The molecule has 1 saturated heterocycles. The van der Waals surface area contributed by atoms with Crippen LogP contribution >= 0.6 is 0 Å². The van der Waals surface area contributed by atoms with Crippen molar-refractivity contribution in [3.63, 3.8) is 0 Å². The lowest BCUT2D eigenvalue weighted by Crippen LogP contribution is -2.26. The summed E-state index contributed by atoms with van der Waals surface area (Å²) in [7, 11) is 0. The molecule has 6 nitrogen and oxygen atoms in total. The molecule has 0 aromatic heterocycles. The number of esters is 1. The Morgan fingerprint density at radius 2 is 2.07 bits per heavy atom. The molecule has 0 saturated carbocycles. The third-order valence-electron chi connectivity index (χ3n) is 5.19. The Balaban J connectivity index is 2.14. The number of carbonyl (C=O) groups excluding carboxylic acids is 1. The van der Waals surface area contributed by atoms with E-state index in [0.29, 0.717) is 11.3 Å². The number of allylic oxidation sites excluding steroid dienone is 2. The first-order valence-corrected chi connectivity index (χ1v) is 9.39. The molecule has 0 bridgehead atoms. The molecule has 7 heteroatoms. The predicted octanol–water partition coefficient (Wildman–Crippen LogP) is 3.38. The number of nitrogens with two attached hydrogens (primary N) is 1. The number of hydrogen-bond donors (Lipinski definition) is 1. The van der Waals surface area contributed by atoms with Gasteiger partial charge in [0.2, 0.25) is 5.88 Å². The highest BCUT2D eigenvalue weighted by molar-refractivity contribution is 5.92.